The molecule has 1 aliphatic heterocycles. The number of hydrogen-bond acceptors (Lipinski definition) is 5. The summed E-state index contributed by atoms with van der Waals surface area (Å²) in [6.45, 7) is 4.75. The van der Waals surface area contributed by atoms with E-state index >= 15 is 0 Å². The second-order valence-electron chi connectivity index (χ2n) is 7.24. The van der Waals surface area contributed by atoms with Gasteiger partial charge < -0.3 is 10.3 Å². The lowest BCUT2D eigenvalue weighted by molar-refractivity contribution is -0.122. The Morgan fingerprint density at radius 2 is 2.00 bits per heavy atom. The maximum absolute atomic E-state index is 12.3. The second-order valence-corrected chi connectivity index (χ2v) is 8.04. The lowest BCUT2D eigenvalue weighted by Gasteiger charge is -2.32. The molecule has 1 aromatic carbocycles. The number of nitrogens with one attached hydrogen (secondary N) is 2. The van der Waals surface area contributed by atoms with Crippen LogP contribution in [0.4, 0.5) is 0 Å². The van der Waals surface area contributed by atoms with Gasteiger partial charge in [0.1, 0.15) is 0 Å². The molecule has 2 N–H and O–H groups in total. The molecule has 7 heteroatoms. The van der Waals surface area contributed by atoms with Gasteiger partial charge >= 0.3 is 0 Å². The van der Waals surface area contributed by atoms with Crippen LogP contribution in [0.5, 0.6) is 0 Å². The molecular weight excluding hydrogens is 372 g/mol. The first-order chi connectivity index (χ1) is 13.5. The molecule has 0 atom stereocenters. The van der Waals surface area contributed by atoms with Crippen LogP contribution in [0.2, 0.25) is 0 Å². The monoisotopic (exact) mass is 400 g/mol. The molecule has 1 saturated heterocycles. The normalized spacial score (nSPS) is 15.5. The summed E-state index contributed by atoms with van der Waals surface area (Å²) in [5, 5.41) is 3.74. The SMILES string of the molecule is CSc1nc(C)c(CCC(=O)NC2CCN(Cc3ccccc3)CC2)c(=O)[nH]1. The summed E-state index contributed by atoms with van der Waals surface area (Å²) in [6, 6.07) is 10.7. The first-order valence-corrected chi connectivity index (χ1v) is 11.0. The van der Waals surface area contributed by atoms with Crippen molar-refractivity contribution in [1.29, 1.82) is 0 Å². The number of rotatable bonds is 7. The van der Waals surface area contributed by atoms with Crippen LogP contribution in [0.25, 0.3) is 0 Å². The van der Waals surface area contributed by atoms with Crippen molar-refractivity contribution in [2.24, 2.45) is 0 Å². The summed E-state index contributed by atoms with van der Waals surface area (Å²) in [5.74, 6) is 0.00857. The highest BCUT2D eigenvalue weighted by Crippen LogP contribution is 2.14. The summed E-state index contributed by atoms with van der Waals surface area (Å²) in [7, 11) is 0. The Kier molecular flexibility index (Phi) is 7.28. The highest BCUT2D eigenvalue weighted by atomic mass is 32.2. The van der Waals surface area contributed by atoms with Gasteiger partial charge in [-0.3, -0.25) is 14.5 Å². The number of likely N-dealkylation sites (tertiary alicyclic amines) is 1. The van der Waals surface area contributed by atoms with Crippen molar-refractivity contribution in [3.8, 4) is 0 Å². The van der Waals surface area contributed by atoms with Gasteiger partial charge in [0.25, 0.3) is 5.56 Å². The number of nitrogens with zero attached hydrogens (tertiary/aromatic N) is 2. The van der Waals surface area contributed by atoms with Gasteiger partial charge in [0.05, 0.1) is 0 Å². The quantitative estimate of drug-likeness (QED) is 0.552. The van der Waals surface area contributed by atoms with E-state index in [1.54, 1.807) is 0 Å². The second kappa shape index (κ2) is 9.89. The van der Waals surface area contributed by atoms with Gasteiger partial charge in [-0.05, 0) is 38.0 Å². The fourth-order valence-electron chi connectivity index (χ4n) is 3.59. The minimum absolute atomic E-state index is 0.00857. The van der Waals surface area contributed by atoms with Crippen molar-refractivity contribution < 1.29 is 4.79 Å². The van der Waals surface area contributed by atoms with Gasteiger partial charge in [0.2, 0.25) is 5.91 Å². The van der Waals surface area contributed by atoms with Crippen LogP contribution in [0.3, 0.4) is 0 Å². The van der Waals surface area contributed by atoms with Crippen LogP contribution in [0.1, 0.15) is 36.1 Å². The number of amides is 1. The van der Waals surface area contributed by atoms with Gasteiger partial charge in [0.15, 0.2) is 5.16 Å². The number of aryl methyl sites for hydroxylation is 1. The predicted octanol–water partition coefficient (Wildman–Crippen LogP) is 2.51. The molecule has 0 spiro atoms. The van der Waals surface area contributed by atoms with Crippen molar-refractivity contribution in [3.05, 3.63) is 57.5 Å². The van der Waals surface area contributed by atoms with Gasteiger partial charge in [-0.1, -0.05) is 42.1 Å². The molecule has 2 aromatic rings. The number of benzene rings is 1. The van der Waals surface area contributed by atoms with Gasteiger partial charge in [0, 0.05) is 43.4 Å². The average molecular weight is 401 g/mol. The molecule has 0 aliphatic carbocycles. The van der Waals surface area contributed by atoms with Crippen molar-refractivity contribution >= 4 is 17.7 Å². The summed E-state index contributed by atoms with van der Waals surface area (Å²) in [5.41, 5.74) is 2.49. The minimum Gasteiger partial charge on any atom is -0.353 e. The Bertz CT molecular complexity index is 845. The van der Waals surface area contributed by atoms with Crippen LogP contribution in [-0.4, -0.2) is 46.2 Å². The van der Waals surface area contributed by atoms with E-state index in [0.29, 0.717) is 29.3 Å². The topological polar surface area (TPSA) is 78.1 Å². The third kappa shape index (κ3) is 5.69. The molecule has 1 aliphatic rings. The largest absolute Gasteiger partial charge is 0.353 e. The van der Waals surface area contributed by atoms with E-state index < -0.39 is 0 Å². The molecule has 28 heavy (non-hydrogen) atoms. The Hall–Kier alpha value is -2.12. The number of aromatic amines is 1. The average Bonchev–Trinajstić information content (AvgIpc) is 2.69. The molecule has 1 aromatic heterocycles. The maximum atomic E-state index is 12.3. The molecule has 1 amide bonds. The van der Waals surface area contributed by atoms with Crippen molar-refractivity contribution in [3.63, 3.8) is 0 Å². The first-order valence-electron chi connectivity index (χ1n) is 9.74. The smallest absolute Gasteiger partial charge is 0.254 e. The third-order valence-corrected chi connectivity index (χ3v) is 5.78. The van der Waals surface area contributed by atoms with E-state index in [2.05, 4.69) is 44.5 Å². The number of carbonyl (C=O) groups excluding carboxylic acids is 1. The summed E-state index contributed by atoms with van der Waals surface area (Å²) in [4.78, 5) is 34.0. The standard InChI is InChI=1S/C21H28N4O2S/c1-15-18(20(27)24-21(22-15)28-2)8-9-19(26)23-17-10-12-25(13-11-17)14-16-6-4-3-5-7-16/h3-7,17H,8-14H2,1-2H3,(H,23,26)(H,22,24,27). The van der Waals surface area contributed by atoms with Crippen molar-refractivity contribution in [2.75, 3.05) is 19.3 Å². The molecule has 3 rings (SSSR count). The predicted molar refractivity (Wildman–Crippen MR) is 113 cm³/mol. The molecule has 0 unspecified atom stereocenters. The van der Waals surface area contributed by atoms with Crippen LogP contribution in [-0.2, 0) is 17.8 Å². The number of H-pyrrole nitrogens is 1. The maximum Gasteiger partial charge on any atom is 0.254 e. The fraction of sp³-hybridized carbons (Fsp3) is 0.476. The molecule has 6 nitrogen and oxygen atoms in total. The Balaban J connectivity index is 1.43. The molecule has 150 valence electrons. The van der Waals surface area contributed by atoms with E-state index in [1.165, 1.54) is 17.3 Å². The Morgan fingerprint density at radius 1 is 1.29 bits per heavy atom. The van der Waals surface area contributed by atoms with Crippen LogP contribution >= 0.6 is 11.8 Å². The summed E-state index contributed by atoms with van der Waals surface area (Å²) >= 11 is 1.40. The number of hydrogen-bond donors (Lipinski definition) is 2. The number of carbonyl (C=O) groups is 1. The lowest BCUT2D eigenvalue weighted by atomic mass is 10.0. The number of piperidine rings is 1. The summed E-state index contributed by atoms with van der Waals surface area (Å²) < 4.78 is 0. The molecule has 2 heterocycles. The molecule has 0 saturated carbocycles. The Morgan fingerprint density at radius 3 is 2.64 bits per heavy atom. The van der Waals surface area contributed by atoms with Gasteiger partial charge in [-0.25, -0.2) is 4.98 Å². The van der Waals surface area contributed by atoms with E-state index in [9.17, 15) is 9.59 Å². The highest BCUT2D eigenvalue weighted by Gasteiger charge is 2.21. The van der Waals surface area contributed by atoms with E-state index in [-0.39, 0.29) is 17.5 Å². The van der Waals surface area contributed by atoms with Crippen LogP contribution in [0, 0.1) is 6.92 Å². The zero-order chi connectivity index (χ0) is 19.9. The third-order valence-electron chi connectivity index (χ3n) is 5.20. The molecule has 0 bridgehead atoms. The zero-order valence-corrected chi connectivity index (χ0v) is 17.3. The Labute approximate surface area is 170 Å². The van der Waals surface area contributed by atoms with E-state index in [0.717, 1.165) is 32.5 Å². The number of aromatic nitrogens is 2. The minimum atomic E-state index is -0.140. The number of thioether (sulfide) groups is 1. The molecule has 0 radical (unpaired) electrons. The highest BCUT2D eigenvalue weighted by molar-refractivity contribution is 7.98. The summed E-state index contributed by atoms with van der Waals surface area (Å²) in [6.07, 6.45) is 4.52. The molecule has 1 fully saturated rings. The van der Waals surface area contributed by atoms with Crippen molar-refractivity contribution in [2.45, 2.75) is 50.4 Å². The van der Waals surface area contributed by atoms with Crippen LogP contribution < -0.4 is 10.9 Å². The van der Waals surface area contributed by atoms with E-state index in [4.69, 9.17) is 0 Å². The fourth-order valence-corrected chi connectivity index (χ4v) is 4.01. The van der Waals surface area contributed by atoms with Gasteiger partial charge in [-0.2, -0.15) is 0 Å². The molecular formula is C21H28N4O2S. The van der Waals surface area contributed by atoms with E-state index in [1.807, 2.05) is 19.2 Å². The van der Waals surface area contributed by atoms with Gasteiger partial charge in [-0.15, -0.1) is 0 Å². The first kappa shape index (κ1) is 20.6. The lowest BCUT2D eigenvalue weighted by Crippen LogP contribution is -2.44. The zero-order valence-electron chi connectivity index (χ0n) is 16.5. The van der Waals surface area contributed by atoms with Crippen molar-refractivity contribution in [1.82, 2.24) is 20.2 Å². The van der Waals surface area contributed by atoms with Crippen LogP contribution in [0.15, 0.2) is 40.3 Å².